The molecule has 0 unspecified atom stereocenters. The van der Waals surface area contributed by atoms with Gasteiger partial charge in [-0.25, -0.2) is 0 Å². The molecule has 0 aromatic heterocycles. The zero-order chi connectivity index (χ0) is 23.5. The molecular weight excluding hydrogens is 599 g/mol. The fraction of sp³-hybridized carbons (Fsp3) is 0.417. The van der Waals surface area contributed by atoms with E-state index in [4.69, 9.17) is 0 Å². The first-order valence-electron chi connectivity index (χ1n) is 10.3. The van der Waals surface area contributed by atoms with Crippen LogP contribution in [0.25, 0.3) is 10.6 Å². The molecule has 2 rings (SSSR count). The third-order valence-corrected chi connectivity index (χ3v) is 3.97. The van der Waals surface area contributed by atoms with Crippen LogP contribution >= 0.6 is 24.4 Å². The number of halogens is 2. The van der Waals surface area contributed by atoms with Crippen LogP contribution in [0.1, 0.15) is 61.3 Å². The van der Waals surface area contributed by atoms with Crippen LogP contribution in [-0.4, -0.2) is 24.9 Å². The Morgan fingerprint density at radius 1 is 0.710 bits per heavy atom. The fourth-order valence-corrected chi connectivity index (χ4v) is 2.19. The number of nitrogens with zero attached hydrogens (tertiary/aromatic N) is 2. The van der Waals surface area contributed by atoms with Gasteiger partial charge in [0.2, 0.25) is 0 Å². The van der Waals surface area contributed by atoms with Crippen LogP contribution < -0.4 is 0 Å². The van der Waals surface area contributed by atoms with Gasteiger partial charge in [-0.15, -0.1) is 13.1 Å². The molecule has 0 aliphatic heterocycles. The van der Waals surface area contributed by atoms with E-state index in [1.165, 1.54) is 0 Å². The number of benzene rings is 2. The van der Waals surface area contributed by atoms with Gasteiger partial charge in [0.05, 0.1) is 11.8 Å². The molecule has 7 heteroatoms. The summed E-state index contributed by atoms with van der Waals surface area (Å²) in [5, 5.41) is 7.99. The molecule has 31 heavy (non-hydrogen) atoms. The Kier molecular flexibility index (Phi) is 19.4. The van der Waals surface area contributed by atoms with E-state index in [2.05, 4.69) is 62.8 Å². The van der Waals surface area contributed by atoms with Crippen molar-refractivity contribution in [1.82, 2.24) is 0 Å². The van der Waals surface area contributed by atoms with Crippen molar-refractivity contribution in [3.63, 3.8) is 0 Å². The van der Waals surface area contributed by atoms with Crippen molar-refractivity contribution in [2.45, 2.75) is 40.5 Å². The second-order valence-corrected chi connectivity index (χ2v) is 18.9. The predicted molar refractivity (Wildman–Crippen MR) is 135 cm³/mol. The van der Waals surface area contributed by atoms with E-state index < -0.39 is 0 Å². The molecule has 2 amide bonds. The average Bonchev–Trinajstić information content (AvgIpc) is 2.75. The summed E-state index contributed by atoms with van der Waals surface area (Å²) in [4.78, 5) is 22.9. The van der Waals surface area contributed by atoms with Gasteiger partial charge in [-0.1, -0.05) is 101 Å². The van der Waals surface area contributed by atoms with Gasteiger partial charge in [0.1, 0.15) is 0 Å². The SMILES string of the molecule is CC(C)CC[N-]C(=O)c1ccccc1.CC(C)CC[N-]C(=O)c1ccccc1.[Br][Zr+2][Br]. The Labute approximate surface area is 210 Å². The molecule has 4 nitrogen and oxygen atoms in total. The second kappa shape index (κ2) is 19.9. The zero-order valence-corrected chi connectivity index (χ0v) is 24.4. The van der Waals surface area contributed by atoms with E-state index in [9.17, 15) is 9.59 Å². The summed E-state index contributed by atoms with van der Waals surface area (Å²) in [5.74, 6) is 0.988. The Morgan fingerprint density at radius 3 is 1.26 bits per heavy atom. The molecule has 0 aliphatic rings. The number of hydrogen-bond donors (Lipinski definition) is 0. The summed E-state index contributed by atoms with van der Waals surface area (Å²) in [5.41, 5.74) is 1.35. The van der Waals surface area contributed by atoms with Crippen LogP contribution in [0.2, 0.25) is 0 Å². The molecule has 0 atom stereocenters. The van der Waals surface area contributed by atoms with E-state index in [1.54, 1.807) is 24.3 Å². The molecule has 2 aromatic rings. The normalized spacial score (nSPS) is 9.55. The van der Waals surface area contributed by atoms with Crippen LogP contribution in [0.5, 0.6) is 0 Å². The van der Waals surface area contributed by atoms with E-state index >= 15 is 0 Å². The molecule has 0 aliphatic carbocycles. The second-order valence-electron chi connectivity index (χ2n) is 7.54. The van der Waals surface area contributed by atoms with Crippen molar-refractivity contribution in [2.24, 2.45) is 11.8 Å². The molecule has 0 saturated heterocycles. The summed E-state index contributed by atoms with van der Waals surface area (Å²) in [7, 11) is 0. The van der Waals surface area contributed by atoms with E-state index in [0.717, 1.165) is 12.8 Å². The van der Waals surface area contributed by atoms with Crippen molar-refractivity contribution in [1.29, 1.82) is 0 Å². The molecule has 168 valence electrons. The number of amides is 2. The van der Waals surface area contributed by atoms with Crippen LogP contribution in [-0.2, 0) is 18.5 Å². The Morgan fingerprint density at radius 2 is 1.00 bits per heavy atom. The van der Waals surface area contributed by atoms with Crippen LogP contribution in [0, 0.1) is 11.8 Å². The van der Waals surface area contributed by atoms with Gasteiger partial charge in [0.25, 0.3) is 0 Å². The first-order valence-corrected chi connectivity index (χ1v) is 21.6. The monoisotopic (exact) mass is 628 g/mol. The van der Waals surface area contributed by atoms with Gasteiger partial charge in [-0.05, 0) is 23.0 Å². The van der Waals surface area contributed by atoms with Crippen LogP contribution in [0.4, 0.5) is 0 Å². The maximum absolute atomic E-state index is 11.5. The average molecular weight is 632 g/mol. The van der Waals surface area contributed by atoms with E-state index in [1.807, 2.05) is 36.4 Å². The van der Waals surface area contributed by atoms with Crippen molar-refractivity contribution in [3.05, 3.63) is 82.4 Å². The van der Waals surface area contributed by atoms with Crippen LogP contribution in [0.3, 0.4) is 0 Å². The molecule has 2 aromatic carbocycles. The number of hydrogen-bond acceptors (Lipinski definition) is 2. The van der Waals surface area contributed by atoms with Crippen molar-refractivity contribution >= 4 is 36.3 Å². The molecule has 0 radical (unpaired) electrons. The zero-order valence-electron chi connectivity index (χ0n) is 18.7. The summed E-state index contributed by atoms with van der Waals surface area (Å²) in [6.07, 6.45) is 1.94. The molecule has 0 bridgehead atoms. The first-order chi connectivity index (χ1) is 14.8. The van der Waals surface area contributed by atoms with E-state index in [0.29, 0.717) is 36.1 Å². The quantitative estimate of drug-likeness (QED) is 0.295. The van der Waals surface area contributed by atoms with Gasteiger partial charge in [-0.2, -0.15) is 0 Å². The summed E-state index contributed by atoms with van der Waals surface area (Å²) >= 11 is 6.32. The summed E-state index contributed by atoms with van der Waals surface area (Å²) in [6.45, 7) is 9.77. The molecule has 0 spiro atoms. The topological polar surface area (TPSA) is 62.3 Å². The minimum absolute atomic E-state index is 0.105. The maximum atomic E-state index is 11.5. The Balaban J connectivity index is 0.000000516. The minimum atomic E-state index is -0.145. The first kappa shape index (κ1) is 30.2. The molecule has 0 N–H and O–H groups in total. The molecule has 0 heterocycles. The standard InChI is InChI=1S/2C12H17NO.2BrH.Zr/c2*1-10(2)8-9-13-12(14)11-6-4-3-5-7-11;;;/h2*3-7,10H,8-9H2,1-2H3,(H,13,14);2*1H;/q;;;;+4/p-4. The van der Waals surface area contributed by atoms with E-state index in [-0.39, 0.29) is 30.4 Å². The third-order valence-electron chi connectivity index (χ3n) is 3.97. The van der Waals surface area contributed by atoms with Gasteiger partial charge in [-0.3, -0.25) is 0 Å². The number of rotatable bonds is 8. The van der Waals surface area contributed by atoms with Gasteiger partial charge in [0, 0.05) is 0 Å². The summed E-state index contributed by atoms with van der Waals surface area (Å²) in [6, 6.07) is 18.4. The fourth-order valence-electron chi connectivity index (χ4n) is 2.19. The molecule has 0 fully saturated rings. The van der Waals surface area contributed by atoms with Crippen molar-refractivity contribution in [3.8, 4) is 0 Å². The summed E-state index contributed by atoms with van der Waals surface area (Å²) < 4.78 is 0. The number of carbonyl (C=O) groups excluding carboxylic acids is 2. The van der Waals surface area contributed by atoms with Crippen LogP contribution in [0.15, 0.2) is 60.7 Å². The molecule has 0 saturated carbocycles. The Hall–Kier alpha value is -0.777. The van der Waals surface area contributed by atoms with Gasteiger partial charge in [0.15, 0.2) is 0 Å². The van der Waals surface area contributed by atoms with Crippen molar-refractivity contribution < 1.29 is 28.1 Å². The van der Waals surface area contributed by atoms with Gasteiger partial charge >= 0.3 is 43.0 Å². The predicted octanol–water partition coefficient (Wildman–Crippen LogP) is 8.18. The Bertz CT molecular complexity index is 653. The van der Waals surface area contributed by atoms with Gasteiger partial charge < -0.3 is 20.2 Å². The third kappa shape index (κ3) is 17.5. The van der Waals surface area contributed by atoms with Crippen molar-refractivity contribution in [2.75, 3.05) is 13.1 Å². The molecular formula is C24H32Br2N2O2Zr. The number of carbonyl (C=O) groups is 2.